The van der Waals surface area contributed by atoms with E-state index >= 15 is 0 Å². The molecule has 0 atom stereocenters. The number of aromatic nitrogens is 2. The molecule has 5 heterocycles. The summed E-state index contributed by atoms with van der Waals surface area (Å²) in [6.45, 7) is 18.6. The van der Waals surface area contributed by atoms with E-state index < -0.39 is 0 Å². The Morgan fingerprint density at radius 3 is 2.15 bits per heavy atom. The number of aliphatic hydroxyl groups is 1. The summed E-state index contributed by atoms with van der Waals surface area (Å²) < 4.78 is 29.1. The van der Waals surface area contributed by atoms with E-state index in [4.69, 9.17) is 40.8 Å². The van der Waals surface area contributed by atoms with Gasteiger partial charge in [0, 0.05) is 59.9 Å². The Balaban J connectivity index is 0.000000194. The van der Waals surface area contributed by atoms with Crippen molar-refractivity contribution in [3.05, 3.63) is 52.6 Å². The maximum absolute atomic E-state index is 9.38. The molecule has 61 heavy (non-hydrogen) atoms. The van der Waals surface area contributed by atoms with Crippen LogP contribution in [-0.2, 0) is 25.4 Å². The highest BCUT2D eigenvalue weighted by molar-refractivity contribution is 6.38. The topological polar surface area (TPSA) is 208 Å². The lowest BCUT2D eigenvalue weighted by atomic mass is 9.83. The van der Waals surface area contributed by atoms with E-state index in [1.54, 1.807) is 18.6 Å². The van der Waals surface area contributed by atoms with Crippen LogP contribution in [0.15, 0.2) is 39.7 Å². The highest BCUT2D eigenvalue weighted by Crippen LogP contribution is 2.48. The molecular formula is C46H67N9O6. The summed E-state index contributed by atoms with van der Waals surface area (Å²) in [6.07, 6.45) is 13.9. The summed E-state index contributed by atoms with van der Waals surface area (Å²) in [6, 6.07) is 3.90. The predicted octanol–water partition coefficient (Wildman–Crippen LogP) is 4.87. The first-order chi connectivity index (χ1) is 29.2. The second-order valence-electron chi connectivity index (χ2n) is 19.0. The molecule has 1 spiro atoms. The molecule has 2 aromatic rings. The first kappa shape index (κ1) is 46.2. The van der Waals surface area contributed by atoms with Crippen molar-refractivity contribution < 1.29 is 28.8 Å². The van der Waals surface area contributed by atoms with Crippen LogP contribution in [0, 0.1) is 52.3 Å². The number of hydrazone groups is 2. The molecule has 0 radical (unpaired) electrons. The number of aliphatic hydroxyl groups excluding tert-OH is 1. The zero-order valence-corrected chi connectivity index (χ0v) is 37.0. The number of likely N-dealkylation sites (tertiary alicyclic amines) is 1. The number of rotatable bonds is 13. The molecule has 2 aromatic heterocycles. The van der Waals surface area contributed by atoms with Crippen LogP contribution < -0.4 is 16.4 Å². The van der Waals surface area contributed by atoms with Gasteiger partial charge in [-0.15, -0.1) is 0 Å². The fourth-order valence-corrected chi connectivity index (χ4v) is 7.22. The van der Waals surface area contributed by atoms with Gasteiger partial charge in [-0.05, 0) is 74.5 Å². The van der Waals surface area contributed by atoms with Crippen LogP contribution in [0.5, 0.6) is 5.75 Å². The molecule has 0 bridgehead atoms. The average Bonchev–Trinajstić information content (AvgIpc) is 4.09. The van der Waals surface area contributed by atoms with Crippen molar-refractivity contribution in [3.8, 4) is 17.6 Å². The zero-order valence-electron chi connectivity index (χ0n) is 37.0. The van der Waals surface area contributed by atoms with E-state index in [0.29, 0.717) is 66.7 Å². The molecule has 6 N–H and O–H groups in total. The quantitative estimate of drug-likeness (QED) is 0.0926. The first-order valence-corrected chi connectivity index (χ1v) is 21.7. The molecule has 3 saturated carbocycles. The third-order valence-electron chi connectivity index (χ3n) is 11.7. The predicted molar refractivity (Wildman–Crippen MR) is 237 cm³/mol. The Hall–Kier alpha value is -4.30. The number of ether oxygens (including phenoxy) is 5. The van der Waals surface area contributed by atoms with Crippen LogP contribution in [0.4, 0.5) is 0 Å². The van der Waals surface area contributed by atoms with Gasteiger partial charge < -0.3 is 45.9 Å². The van der Waals surface area contributed by atoms with Gasteiger partial charge in [-0.2, -0.15) is 10.2 Å². The van der Waals surface area contributed by atoms with Crippen molar-refractivity contribution >= 4 is 23.9 Å². The third-order valence-corrected chi connectivity index (χ3v) is 11.7. The van der Waals surface area contributed by atoms with E-state index in [-0.39, 0.29) is 36.1 Å². The smallest absolute Gasteiger partial charge is 0.176 e. The van der Waals surface area contributed by atoms with Gasteiger partial charge in [0.2, 0.25) is 0 Å². The number of nitrogens with two attached hydrogens (primary N) is 2. The monoisotopic (exact) mass is 842 g/mol. The molecule has 8 rings (SSSR count). The number of pyridine rings is 2. The lowest BCUT2D eigenvalue weighted by Crippen LogP contribution is -2.56. The van der Waals surface area contributed by atoms with Gasteiger partial charge in [0.15, 0.2) is 12.6 Å². The van der Waals surface area contributed by atoms with Crippen LogP contribution >= 0.6 is 0 Å². The van der Waals surface area contributed by atoms with E-state index in [1.807, 2.05) is 19.1 Å². The van der Waals surface area contributed by atoms with Crippen molar-refractivity contribution in [2.45, 2.75) is 105 Å². The number of aliphatic imine (C=N–C) groups is 1. The van der Waals surface area contributed by atoms with Gasteiger partial charge in [0.1, 0.15) is 22.9 Å². The van der Waals surface area contributed by atoms with E-state index in [1.165, 1.54) is 25.7 Å². The molecule has 3 aliphatic carbocycles. The molecule has 0 aromatic carbocycles. The molecule has 6 aliphatic rings. The molecule has 15 heteroatoms. The van der Waals surface area contributed by atoms with Crippen molar-refractivity contribution in [1.82, 2.24) is 14.9 Å². The van der Waals surface area contributed by atoms with Crippen molar-refractivity contribution in [1.29, 1.82) is 5.41 Å². The van der Waals surface area contributed by atoms with Gasteiger partial charge in [-0.1, -0.05) is 52.5 Å². The minimum atomic E-state index is -0.377. The Labute approximate surface area is 361 Å². The van der Waals surface area contributed by atoms with Gasteiger partial charge in [-0.25, -0.2) is 4.98 Å². The molecule has 3 saturated heterocycles. The minimum absolute atomic E-state index is 0.00148. The van der Waals surface area contributed by atoms with Crippen LogP contribution in [0.1, 0.15) is 101 Å². The largest absolute Gasteiger partial charge is 0.488 e. The number of hydrogen-bond acceptors (Lipinski definition) is 15. The molecular weight excluding hydrogens is 775 g/mol. The highest BCUT2D eigenvalue weighted by atomic mass is 16.7. The fraction of sp³-hybridized carbons (Fsp3) is 0.652. The maximum Gasteiger partial charge on any atom is 0.176 e. The van der Waals surface area contributed by atoms with E-state index in [9.17, 15) is 5.11 Å². The Morgan fingerprint density at radius 2 is 1.61 bits per heavy atom. The van der Waals surface area contributed by atoms with Crippen LogP contribution in [-0.4, -0.2) is 122 Å². The summed E-state index contributed by atoms with van der Waals surface area (Å²) in [7, 11) is 0. The SMILES string of the molecule is CC(C)C1CC1.CC1(C)COC(CN=C/C(=N\N)c2ncc(C#CCN3CC(C)(CO)C3)cc2OC2CC2)OC1.Cc1cc(CC2OCC3(CC3)CO2)cnc1/C(C=N)=N/N. The first-order valence-electron chi connectivity index (χ1n) is 21.7. The second-order valence-corrected chi connectivity index (χ2v) is 19.0. The Bertz CT molecular complexity index is 1940. The molecule has 15 nitrogen and oxygen atoms in total. The fourth-order valence-electron chi connectivity index (χ4n) is 7.22. The van der Waals surface area contributed by atoms with Gasteiger partial charge >= 0.3 is 0 Å². The summed E-state index contributed by atoms with van der Waals surface area (Å²) >= 11 is 0. The van der Waals surface area contributed by atoms with Crippen LogP contribution in [0.3, 0.4) is 0 Å². The zero-order chi connectivity index (χ0) is 43.6. The number of nitrogens with one attached hydrogen (secondary N) is 1. The molecule has 0 amide bonds. The van der Waals surface area contributed by atoms with E-state index in [0.717, 1.165) is 73.9 Å². The minimum Gasteiger partial charge on any atom is -0.488 e. The maximum atomic E-state index is 9.38. The van der Waals surface area contributed by atoms with Crippen molar-refractivity contribution in [3.63, 3.8) is 0 Å². The molecule has 3 aliphatic heterocycles. The van der Waals surface area contributed by atoms with Crippen LogP contribution in [0.25, 0.3) is 0 Å². The summed E-state index contributed by atoms with van der Waals surface area (Å²) in [5, 5.41) is 24.1. The molecule has 6 fully saturated rings. The molecule has 332 valence electrons. The van der Waals surface area contributed by atoms with Crippen molar-refractivity contribution in [2.75, 3.05) is 59.2 Å². The second kappa shape index (κ2) is 20.7. The average molecular weight is 842 g/mol. The number of aryl methyl sites for hydroxylation is 1. The number of nitrogens with zero attached hydrogens (tertiary/aromatic N) is 6. The molecule has 0 unspecified atom stereocenters. The van der Waals surface area contributed by atoms with Crippen LogP contribution in [0.2, 0.25) is 0 Å². The number of hydrogen-bond donors (Lipinski definition) is 4. The highest BCUT2D eigenvalue weighted by Gasteiger charge is 2.47. The van der Waals surface area contributed by atoms with Crippen molar-refractivity contribution in [2.24, 2.45) is 55.0 Å². The standard InChI is InChI=1S/C25H35N5O4.C15H20N4O2.C6H12/c1-24(2)16-32-22(33-17-24)12-27-11-20(29-26)23-21(34-19-6-7-19)9-18(10-28-23)5-4-8-30-13-25(3,14-30)15-31;1-10-4-11(7-18-14(10)12(6-16)19-17)5-13-20-8-15(2-3-15)9-21-13;1-5(2)6-3-4-6/h9-11,19,22,31H,6-8,12-17,26H2,1-3H3;4,6-7,13,16H,2-3,5,8-9,17H2,1H3;5-6H,3-4H2,1-2H3/b27-11?,29-20+;16-6?,19-12+;. The lowest BCUT2D eigenvalue weighted by Gasteiger charge is -2.46. The lowest BCUT2D eigenvalue weighted by molar-refractivity contribution is -0.215. The normalized spacial score (nSPS) is 23.2. The van der Waals surface area contributed by atoms with Gasteiger partial charge in [0.05, 0.1) is 64.1 Å². The summed E-state index contributed by atoms with van der Waals surface area (Å²) in [4.78, 5) is 15.5. The Morgan fingerprint density at radius 1 is 0.951 bits per heavy atom. The van der Waals surface area contributed by atoms with Gasteiger partial charge in [0.25, 0.3) is 0 Å². The van der Waals surface area contributed by atoms with E-state index in [2.05, 4.69) is 76.5 Å². The van der Waals surface area contributed by atoms with Gasteiger partial charge in [-0.3, -0.25) is 14.9 Å². The summed E-state index contributed by atoms with van der Waals surface area (Å²) in [5.41, 5.74) is 5.08. The third kappa shape index (κ3) is 13.8. The Kier molecular flexibility index (Phi) is 15.7. The summed E-state index contributed by atoms with van der Waals surface area (Å²) in [5.74, 6) is 20.0.